The highest BCUT2D eigenvalue weighted by atomic mass is 35.5. The van der Waals surface area contributed by atoms with Crippen molar-refractivity contribution >= 4 is 46.0 Å². The van der Waals surface area contributed by atoms with Crippen molar-refractivity contribution in [1.29, 1.82) is 0 Å². The largest absolute Gasteiger partial charge is 0.356 e. The third-order valence-electron chi connectivity index (χ3n) is 5.88. The SMILES string of the molecule is CN(c1ncnc2[nH]ccc12)[C@@H]1C[C@@H]2CN(c3nc(Cl)cc(Cl)n3)C[C@@H]2C1. The summed E-state index contributed by atoms with van der Waals surface area (Å²) >= 11 is 12.1. The number of hydrogen-bond donors (Lipinski definition) is 1. The molecule has 4 heterocycles. The molecule has 140 valence electrons. The zero-order valence-corrected chi connectivity index (χ0v) is 16.3. The predicted molar refractivity (Wildman–Crippen MR) is 107 cm³/mol. The van der Waals surface area contributed by atoms with Crippen LogP contribution >= 0.6 is 23.2 Å². The van der Waals surface area contributed by atoms with Gasteiger partial charge in [0.1, 0.15) is 28.1 Å². The summed E-state index contributed by atoms with van der Waals surface area (Å²) < 4.78 is 0. The molecule has 1 N–H and O–H groups in total. The zero-order valence-electron chi connectivity index (χ0n) is 14.8. The van der Waals surface area contributed by atoms with Crippen molar-refractivity contribution in [2.24, 2.45) is 11.8 Å². The normalized spacial score (nSPS) is 24.6. The molecule has 2 aliphatic rings. The summed E-state index contributed by atoms with van der Waals surface area (Å²) in [5.41, 5.74) is 0.881. The molecule has 27 heavy (non-hydrogen) atoms. The molecule has 1 aliphatic carbocycles. The zero-order chi connectivity index (χ0) is 18.5. The number of H-pyrrole nitrogens is 1. The molecule has 0 unspecified atom stereocenters. The van der Waals surface area contributed by atoms with Crippen molar-refractivity contribution in [3.05, 3.63) is 35.0 Å². The molecule has 5 rings (SSSR count). The van der Waals surface area contributed by atoms with E-state index in [1.165, 1.54) is 0 Å². The van der Waals surface area contributed by atoms with Gasteiger partial charge in [-0.05, 0) is 30.7 Å². The predicted octanol–water partition coefficient (Wildman–Crippen LogP) is 3.41. The summed E-state index contributed by atoms with van der Waals surface area (Å²) in [7, 11) is 2.14. The van der Waals surface area contributed by atoms with Gasteiger partial charge in [-0.2, -0.15) is 0 Å². The lowest BCUT2D eigenvalue weighted by atomic mass is 10.0. The maximum atomic E-state index is 6.04. The van der Waals surface area contributed by atoms with Gasteiger partial charge in [0.15, 0.2) is 0 Å². The molecule has 3 aromatic rings. The van der Waals surface area contributed by atoms with Crippen LogP contribution in [0, 0.1) is 11.8 Å². The van der Waals surface area contributed by atoms with Crippen LogP contribution in [0.3, 0.4) is 0 Å². The van der Waals surface area contributed by atoms with Gasteiger partial charge in [0.25, 0.3) is 0 Å². The van der Waals surface area contributed by atoms with E-state index in [0.29, 0.717) is 34.1 Å². The quantitative estimate of drug-likeness (QED) is 0.675. The molecule has 9 heteroatoms. The highest BCUT2D eigenvalue weighted by Crippen LogP contribution is 2.42. The van der Waals surface area contributed by atoms with Gasteiger partial charge in [0, 0.05) is 38.4 Å². The Kier molecular flexibility index (Phi) is 4.09. The number of rotatable bonds is 3. The maximum Gasteiger partial charge on any atom is 0.228 e. The topological polar surface area (TPSA) is 73.8 Å². The van der Waals surface area contributed by atoms with Crippen molar-refractivity contribution in [3.63, 3.8) is 0 Å². The molecule has 7 nitrogen and oxygen atoms in total. The van der Waals surface area contributed by atoms with Gasteiger partial charge in [0.05, 0.1) is 5.39 Å². The average Bonchev–Trinajstić information content (AvgIpc) is 3.33. The van der Waals surface area contributed by atoms with Crippen LogP contribution in [0.1, 0.15) is 12.8 Å². The minimum absolute atomic E-state index is 0.388. The monoisotopic (exact) mass is 403 g/mol. The Labute approximate surface area is 166 Å². The molecule has 1 saturated carbocycles. The van der Waals surface area contributed by atoms with E-state index in [9.17, 15) is 0 Å². The van der Waals surface area contributed by atoms with Gasteiger partial charge in [0.2, 0.25) is 5.95 Å². The molecule has 0 radical (unpaired) electrons. The van der Waals surface area contributed by atoms with E-state index in [4.69, 9.17) is 23.2 Å². The van der Waals surface area contributed by atoms with E-state index in [2.05, 4.69) is 41.8 Å². The minimum Gasteiger partial charge on any atom is -0.356 e. The van der Waals surface area contributed by atoms with Crippen molar-refractivity contribution in [2.45, 2.75) is 18.9 Å². The van der Waals surface area contributed by atoms with E-state index >= 15 is 0 Å². The second-order valence-electron chi connectivity index (χ2n) is 7.41. The number of hydrogen-bond acceptors (Lipinski definition) is 6. The van der Waals surface area contributed by atoms with Gasteiger partial charge in [-0.1, -0.05) is 23.2 Å². The smallest absolute Gasteiger partial charge is 0.228 e. The molecule has 1 saturated heterocycles. The van der Waals surface area contributed by atoms with Gasteiger partial charge in [-0.15, -0.1) is 0 Å². The number of nitrogens with zero attached hydrogens (tertiary/aromatic N) is 6. The van der Waals surface area contributed by atoms with Crippen LogP contribution in [0.5, 0.6) is 0 Å². The molecule has 1 aliphatic heterocycles. The van der Waals surface area contributed by atoms with E-state index in [1.807, 2.05) is 12.3 Å². The van der Waals surface area contributed by atoms with Crippen LogP contribution in [-0.4, -0.2) is 51.1 Å². The Morgan fingerprint density at radius 2 is 1.81 bits per heavy atom. The second kappa shape index (κ2) is 6.49. The van der Waals surface area contributed by atoms with E-state index < -0.39 is 0 Å². The van der Waals surface area contributed by atoms with Gasteiger partial charge < -0.3 is 14.8 Å². The summed E-state index contributed by atoms with van der Waals surface area (Å²) in [6.45, 7) is 1.88. The summed E-state index contributed by atoms with van der Waals surface area (Å²) in [6.07, 6.45) is 5.79. The lowest BCUT2D eigenvalue weighted by Crippen LogP contribution is -2.33. The lowest BCUT2D eigenvalue weighted by Gasteiger charge is -2.28. The number of fused-ring (bicyclic) bond motifs is 2. The second-order valence-corrected chi connectivity index (χ2v) is 8.19. The van der Waals surface area contributed by atoms with Gasteiger partial charge >= 0.3 is 0 Å². The van der Waals surface area contributed by atoms with Crippen molar-refractivity contribution in [3.8, 4) is 0 Å². The molecular formula is C18H19Cl2N7. The van der Waals surface area contributed by atoms with Gasteiger partial charge in [-0.3, -0.25) is 0 Å². The first-order valence-electron chi connectivity index (χ1n) is 9.04. The number of aromatic nitrogens is 5. The van der Waals surface area contributed by atoms with Crippen LogP contribution in [0.25, 0.3) is 11.0 Å². The van der Waals surface area contributed by atoms with E-state index in [1.54, 1.807) is 12.4 Å². The molecule has 0 spiro atoms. The Hall–Kier alpha value is -2.12. The van der Waals surface area contributed by atoms with Crippen molar-refractivity contribution < 1.29 is 0 Å². The third kappa shape index (κ3) is 2.99. The summed E-state index contributed by atoms with van der Waals surface area (Å²) in [4.78, 5) is 25.2. The Morgan fingerprint density at radius 3 is 2.52 bits per heavy atom. The molecule has 0 aromatic carbocycles. The number of anilines is 2. The number of aromatic amines is 1. The molecule has 3 aromatic heterocycles. The highest BCUT2D eigenvalue weighted by Gasteiger charge is 2.43. The first-order valence-corrected chi connectivity index (χ1v) is 9.80. The van der Waals surface area contributed by atoms with Crippen LogP contribution in [-0.2, 0) is 0 Å². The van der Waals surface area contributed by atoms with Crippen molar-refractivity contribution in [1.82, 2.24) is 24.9 Å². The standard InChI is InChI=1S/C18H19Cl2N7/c1-26(17-13-2-3-21-16(13)22-9-23-17)12-4-10-7-27(8-11(10)5-12)18-24-14(19)6-15(20)25-18/h2-3,6,9-12H,4-5,7-8H2,1H3,(H,21,22,23)/t10-,11+,12-. The number of nitrogens with one attached hydrogen (secondary N) is 1. The fourth-order valence-corrected chi connectivity index (χ4v) is 4.99. The number of halogens is 2. The average molecular weight is 404 g/mol. The maximum absolute atomic E-state index is 6.04. The van der Waals surface area contributed by atoms with Gasteiger partial charge in [-0.25, -0.2) is 19.9 Å². The fraction of sp³-hybridized carbons (Fsp3) is 0.444. The summed E-state index contributed by atoms with van der Waals surface area (Å²) in [5, 5.41) is 1.85. The third-order valence-corrected chi connectivity index (χ3v) is 6.26. The highest BCUT2D eigenvalue weighted by molar-refractivity contribution is 6.33. The van der Waals surface area contributed by atoms with Crippen LogP contribution in [0.15, 0.2) is 24.7 Å². The summed E-state index contributed by atoms with van der Waals surface area (Å²) in [5.74, 6) is 2.86. The Balaban J connectivity index is 1.31. The van der Waals surface area contributed by atoms with Crippen LogP contribution in [0.4, 0.5) is 11.8 Å². The van der Waals surface area contributed by atoms with Crippen molar-refractivity contribution in [2.75, 3.05) is 29.9 Å². The molecule has 0 bridgehead atoms. The van der Waals surface area contributed by atoms with E-state index in [-0.39, 0.29) is 0 Å². The van der Waals surface area contributed by atoms with Crippen LogP contribution < -0.4 is 9.80 Å². The van der Waals surface area contributed by atoms with E-state index in [0.717, 1.165) is 42.8 Å². The first-order chi connectivity index (χ1) is 13.1. The lowest BCUT2D eigenvalue weighted by molar-refractivity contribution is 0.494. The Morgan fingerprint density at radius 1 is 1.11 bits per heavy atom. The minimum atomic E-state index is 0.388. The molecular weight excluding hydrogens is 385 g/mol. The van der Waals surface area contributed by atoms with Crippen LogP contribution in [0.2, 0.25) is 10.3 Å². The fourth-order valence-electron chi connectivity index (χ4n) is 4.58. The summed E-state index contributed by atoms with van der Waals surface area (Å²) in [6, 6.07) is 4.08. The molecule has 0 amide bonds. The first kappa shape index (κ1) is 17.0. The molecule has 3 atom stereocenters. The molecule has 2 fully saturated rings. The Bertz CT molecular complexity index is 957.